The standard InChI is InChI=1S/C15H13N5O2S/c1-8-14-9(10-3-2-6-23-10)7-13(22)16-15(14)20(19-8)11-4-5-12(21)18-17-11/h2-6,9H,7H2,1H3,(H,16,22)(H,18,21). The van der Waals surface area contributed by atoms with Crippen molar-refractivity contribution < 1.29 is 4.79 Å². The van der Waals surface area contributed by atoms with E-state index < -0.39 is 0 Å². The molecule has 2 N–H and O–H groups in total. The highest BCUT2D eigenvalue weighted by Crippen LogP contribution is 2.41. The zero-order chi connectivity index (χ0) is 16.0. The molecular formula is C15H13N5O2S. The van der Waals surface area contributed by atoms with Gasteiger partial charge in [0, 0.05) is 28.8 Å². The molecule has 3 aromatic rings. The summed E-state index contributed by atoms with van der Waals surface area (Å²) < 4.78 is 1.57. The van der Waals surface area contributed by atoms with Gasteiger partial charge in [-0.1, -0.05) is 6.07 Å². The van der Waals surface area contributed by atoms with Gasteiger partial charge >= 0.3 is 0 Å². The van der Waals surface area contributed by atoms with Crippen LogP contribution in [0.25, 0.3) is 5.82 Å². The fourth-order valence-electron chi connectivity index (χ4n) is 2.90. The van der Waals surface area contributed by atoms with Crippen LogP contribution < -0.4 is 10.9 Å². The monoisotopic (exact) mass is 327 g/mol. The predicted molar refractivity (Wildman–Crippen MR) is 86.1 cm³/mol. The molecule has 1 atom stereocenters. The minimum Gasteiger partial charge on any atom is -0.310 e. The topological polar surface area (TPSA) is 92.7 Å². The first-order valence-electron chi connectivity index (χ1n) is 7.12. The molecule has 0 saturated heterocycles. The van der Waals surface area contributed by atoms with Gasteiger partial charge < -0.3 is 5.32 Å². The summed E-state index contributed by atoms with van der Waals surface area (Å²) in [6.07, 6.45) is 0.402. The number of hydrogen-bond acceptors (Lipinski definition) is 5. The minimum atomic E-state index is -0.285. The van der Waals surface area contributed by atoms with Crippen molar-refractivity contribution in [2.24, 2.45) is 0 Å². The van der Waals surface area contributed by atoms with Crippen molar-refractivity contribution in [3.8, 4) is 5.82 Å². The molecule has 1 unspecified atom stereocenters. The number of fused-ring (bicyclic) bond motifs is 1. The second kappa shape index (κ2) is 5.17. The lowest BCUT2D eigenvalue weighted by atomic mass is 9.91. The van der Waals surface area contributed by atoms with Gasteiger partial charge in [0.25, 0.3) is 5.56 Å². The Morgan fingerprint density at radius 3 is 2.87 bits per heavy atom. The summed E-state index contributed by atoms with van der Waals surface area (Å²) in [6, 6.07) is 6.97. The number of carbonyl (C=O) groups excluding carboxylic acids is 1. The van der Waals surface area contributed by atoms with Crippen LogP contribution in [-0.2, 0) is 4.79 Å². The SMILES string of the molecule is Cc1nn(-c2ccc(=O)[nH]n2)c2c1C(c1cccs1)CC(=O)N2. The molecule has 0 fully saturated rings. The molecular weight excluding hydrogens is 314 g/mol. The highest BCUT2D eigenvalue weighted by Gasteiger charge is 2.33. The molecule has 1 aliphatic heterocycles. The van der Waals surface area contributed by atoms with Crippen molar-refractivity contribution in [1.82, 2.24) is 20.0 Å². The van der Waals surface area contributed by atoms with E-state index in [-0.39, 0.29) is 17.4 Å². The van der Waals surface area contributed by atoms with Crippen LogP contribution in [0.3, 0.4) is 0 Å². The zero-order valence-electron chi connectivity index (χ0n) is 12.2. The van der Waals surface area contributed by atoms with Crippen molar-refractivity contribution in [3.05, 3.63) is 56.1 Å². The quantitative estimate of drug-likeness (QED) is 0.750. The van der Waals surface area contributed by atoms with Crippen LogP contribution in [0.4, 0.5) is 5.82 Å². The molecule has 7 nitrogen and oxygen atoms in total. The van der Waals surface area contributed by atoms with E-state index in [0.29, 0.717) is 18.1 Å². The summed E-state index contributed by atoms with van der Waals surface area (Å²) in [5.74, 6) is 1.02. The maximum atomic E-state index is 12.2. The molecule has 0 aliphatic carbocycles. The lowest BCUT2D eigenvalue weighted by molar-refractivity contribution is -0.116. The summed E-state index contributed by atoms with van der Waals surface area (Å²) in [5, 5.41) is 15.8. The number of aromatic nitrogens is 4. The third-order valence-electron chi connectivity index (χ3n) is 3.87. The molecule has 116 valence electrons. The fourth-order valence-corrected chi connectivity index (χ4v) is 3.74. The Balaban J connectivity index is 1.90. The third-order valence-corrected chi connectivity index (χ3v) is 4.86. The largest absolute Gasteiger partial charge is 0.310 e. The maximum absolute atomic E-state index is 12.2. The molecule has 8 heteroatoms. The Morgan fingerprint density at radius 2 is 2.17 bits per heavy atom. The fraction of sp³-hybridized carbons (Fsp3) is 0.200. The van der Waals surface area contributed by atoms with Crippen LogP contribution >= 0.6 is 11.3 Å². The van der Waals surface area contributed by atoms with Gasteiger partial charge in [-0.05, 0) is 24.4 Å². The van der Waals surface area contributed by atoms with Gasteiger partial charge in [-0.3, -0.25) is 9.59 Å². The number of nitrogens with one attached hydrogen (secondary N) is 2. The second-order valence-electron chi connectivity index (χ2n) is 5.36. The molecule has 4 rings (SSSR count). The number of nitrogens with zero attached hydrogens (tertiary/aromatic N) is 3. The number of carbonyl (C=O) groups is 1. The second-order valence-corrected chi connectivity index (χ2v) is 6.34. The summed E-state index contributed by atoms with van der Waals surface area (Å²) in [5.41, 5.74) is 1.55. The van der Waals surface area contributed by atoms with E-state index in [1.54, 1.807) is 22.1 Å². The van der Waals surface area contributed by atoms with E-state index in [1.807, 2.05) is 24.4 Å². The van der Waals surface area contributed by atoms with E-state index >= 15 is 0 Å². The van der Waals surface area contributed by atoms with Gasteiger partial charge in [0.1, 0.15) is 5.82 Å². The Bertz CT molecular complexity index is 921. The first kappa shape index (κ1) is 13.9. The van der Waals surface area contributed by atoms with Gasteiger partial charge in [-0.15, -0.1) is 11.3 Å². The van der Waals surface area contributed by atoms with Crippen molar-refractivity contribution >= 4 is 23.1 Å². The van der Waals surface area contributed by atoms with Crippen molar-refractivity contribution in [2.45, 2.75) is 19.3 Å². The average Bonchev–Trinajstić information content (AvgIpc) is 3.16. The summed E-state index contributed by atoms with van der Waals surface area (Å²) in [4.78, 5) is 24.5. The summed E-state index contributed by atoms with van der Waals surface area (Å²) in [7, 11) is 0. The Hall–Kier alpha value is -2.74. The van der Waals surface area contributed by atoms with Crippen LogP contribution in [0.1, 0.15) is 28.5 Å². The normalized spacial score (nSPS) is 16.9. The van der Waals surface area contributed by atoms with Gasteiger partial charge in [0.2, 0.25) is 5.91 Å². The number of thiophene rings is 1. The van der Waals surface area contributed by atoms with Crippen LogP contribution in [0.5, 0.6) is 0 Å². The van der Waals surface area contributed by atoms with Crippen LogP contribution in [-0.4, -0.2) is 25.9 Å². The molecule has 0 saturated carbocycles. The Labute approximate surface area is 135 Å². The third kappa shape index (κ3) is 2.27. The average molecular weight is 327 g/mol. The van der Waals surface area contributed by atoms with Gasteiger partial charge in [0.05, 0.1) is 5.69 Å². The van der Waals surface area contributed by atoms with Gasteiger partial charge in [-0.2, -0.15) is 14.9 Å². The number of aromatic amines is 1. The Kier molecular flexibility index (Phi) is 3.12. The molecule has 0 bridgehead atoms. The predicted octanol–water partition coefficient (Wildman–Crippen LogP) is 1.80. The highest BCUT2D eigenvalue weighted by molar-refractivity contribution is 7.10. The summed E-state index contributed by atoms with van der Waals surface area (Å²) >= 11 is 1.63. The molecule has 0 spiro atoms. The first-order chi connectivity index (χ1) is 11.1. The van der Waals surface area contributed by atoms with E-state index in [9.17, 15) is 9.59 Å². The van der Waals surface area contributed by atoms with E-state index in [2.05, 4.69) is 20.6 Å². The number of aryl methyl sites for hydroxylation is 1. The van der Waals surface area contributed by atoms with Crippen molar-refractivity contribution in [3.63, 3.8) is 0 Å². The minimum absolute atomic E-state index is 0.00439. The zero-order valence-corrected chi connectivity index (χ0v) is 13.1. The lowest BCUT2D eigenvalue weighted by Crippen LogP contribution is -2.25. The molecule has 1 aliphatic rings. The summed E-state index contributed by atoms with van der Waals surface area (Å²) in [6.45, 7) is 1.92. The van der Waals surface area contributed by atoms with Crippen LogP contribution in [0.15, 0.2) is 34.4 Å². The number of hydrogen-bond donors (Lipinski definition) is 2. The smallest absolute Gasteiger partial charge is 0.264 e. The Morgan fingerprint density at radius 1 is 1.30 bits per heavy atom. The maximum Gasteiger partial charge on any atom is 0.264 e. The molecule has 4 heterocycles. The van der Waals surface area contributed by atoms with Gasteiger partial charge in [0.15, 0.2) is 5.82 Å². The first-order valence-corrected chi connectivity index (χ1v) is 8.00. The number of anilines is 1. The number of amides is 1. The number of H-pyrrole nitrogens is 1. The molecule has 1 amide bonds. The van der Waals surface area contributed by atoms with Crippen LogP contribution in [0, 0.1) is 6.92 Å². The molecule has 0 aromatic carbocycles. The number of rotatable bonds is 2. The van der Waals surface area contributed by atoms with Crippen LogP contribution in [0.2, 0.25) is 0 Å². The van der Waals surface area contributed by atoms with E-state index in [0.717, 1.165) is 16.1 Å². The molecule has 3 aromatic heterocycles. The lowest BCUT2D eigenvalue weighted by Gasteiger charge is -2.22. The molecule has 23 heavy (non-hydrogen) atoms. The van der Waals surface area contributed by atoms with Crippen molar-refractivity contribution in [1.29, 1.82) is 0 Å². The molecule has 0 radical (unpaired) electrons. The highest BCUT2D eigenvalue weighted by atomic mass is 32.1. The van der Waals surface area contributed by atoms with E-state index in [4.69, 9.17) is 0 Å². The van der Waals surface area contributed by atoms with Crippen molar-refractivity contribution in [2.75, 3.05) is 5.32 Å². The van der Waals surface area contributed by atoms with E-state index in [1.165, 1.54) is 6.07 Å². The van der Waals surface area contributed by atoms with Gasteiger partial charge in [-0.25, -0.2) is 5.10 Å².